The molecular formula is C22H33N9O6S. The number of carboxylic acid groups (broad SMARTS) is 1. The summed E-state index contributed by atoms with van der Waals surface area (Å²) in [6.07, 6.45) is 7.62. The Morgan fingerprint density at radius 2 is 1.42 bits per heavy atom. The topological polar surface area (TPSA) is 251 Å². The summed E-state index contributed by atoms with van der Waals surface area (Å²) in [5, 5.41) is 17.2. The third-order valence-corrected chi connectivity index (χ3v) is 6.13. The lowest BCUT2D eigenvalue weighted by Crippen LogP contribution is -2.58. The largest absolute Gasteiger partial charge is 0.480 e. The SMILES string of the molecule is CSCCC(NC(=O)C(Cc1cnc[nH]1)NC(=O)C(N)CCC(N)=O)C(=O)NC(Cc1cnc[nH]1)C(=O)O. The first-order chi connectivity index (χ1) is 18.1. The van der Waals surface area contributed by atoms with Gasteiger partial charge in [0.1, 0.15) is 18.1 Å². The fraction of sp³-hybridized carbons (Fsp3) is 0.500. The smallest absolute Gasteiger partial charge is 0.326 e. The van der Waals surface area contributed by atoms with Crippen LogP contribution in [0.1, 0.15) is 30.7 Å². The van der Waals surface area contributed by atoms with Gasteiger partial charge in [-0.15, -0.1) is 0 Å². The normalized spacial score (nSPS) is 14.1. The van der Waals surface area contributed by atoms with E-state index >= 15 is 0 Å². The molecule has 0 bridgehead atoms. The molecule has 15 nitrogen and oxygen atoms in total. The van der Waals surface area contributed by atoms with Crippen molar-refractivity contribution in [2.75, 3.05) is 12.0 Å². The van der Waals surface area contributed by atoms with E-state index in [0.29, 0.717) is 17.1 Å². The molecule has 4 amide bonds. The maximum absolute atomic E-state index is 13.3. The average Bonchev–Trinajstić information content (AvgIpc) is 3.58. The third-order valence-electron chi connectivity index (χ3n) is 5.49. The van der Waals surface area contributed by atoms with Crippen LogP contribution in [0, 0.1) is 0 Å². The number of H-pyrrole nitrogens is 2. The molecule has 10 N–H and O–H groups in total. The highest BCUT2D eigenvalue weighted by atomic mass is 32.2. The summed E-state index contributed by atoms with van der Waals surface area (Å²) in [5.41, 5.74) is 12.0. The van der Waals surface area contributed by atoms with Gasteiger partial charge < -0.3 is 42.5 Å². The Hall–Kier alpha value is -3.92. The highest BCUT2D eigenvalue weighted by molar-refractivity contribution is 7.98. The Bertz CT molecular complexity index is 1060. The first-order valence-corrected chi connectivity index (χ1v) is 13.1. The van der Waals surface area contributed by atoms with E-state index in [1.54, 1.807) is 0 Å². The number of aromatic nitrogens is 4. The Kier molecular flexibility index (Phi) is 12.2. The summed E-state index contributed by atoms with van der Waals surface area (Å²) in [4.78, 5) is 75.1. The highest BCUT2D eigenvalue weighted by Gasteiger charge is 2.31. The second-order valence-corrected chi connectivity index (χ2v) is 9.46. The zero-order valence-electron chi connectivity index (χ0n) is 20.8. The molecule has 208 valence electrons. The molecule has 2 aromatic rings. The predicted octanol–water partition coefficient (Wildman–Crippen LogP) is -2.20. The van der Waals surface area contributed by atoms with Gasteiger partial charge in [0.05, 0.1) is 18.7 Å². The number of amides is 4. The standard InChI is InChI=1S/C22H33N9O6S/c1-38-5-4-15(20(34)31-17(22(36)37)7-13-9-26-11-28-13)29-21(35)16(6-12-8-25-10-27-12)30-19(33)14(23)2-3-18(24)32/h8-11,14-17H,2-7,23H2,1H3,(H2,24,32)(H,25,27)(H,26,28)(H,29,35)(H,30,33)(H,31,34)(H,36,37). The predicted molar refractivity (Wildman–Crippen MR) is 137 cm³/mol. The zero-order valence-corrected chi connectivity index (χ0v) is 21.6. The number of nitrogens with two attached hydrogens (primary N) is 2. The van der Waals surface area contributed by atoms with Crippen molar-refractivity contribution in [1.29, 1.82) is 0 Å². The molecule has 0 saturated carbocycles. The van der Waals surface area contributed by atoms with Gasteiger partial charge in [-0.2, -0.15) is 11.8 Å². The number of carbonyl (C=O) groups is 5. The molecular weight excluding hydrogens is 518 g/mol. The van der Waals surface area contributed by atoms with Gasteiger partial charge in [-0.05, 0) is 24.9 Å². The quantitative estimate of drug-likeness (QED) is 0.105. The summed E-state index contributed by atoms with van der Waals surface area (Å²) in [7, 11) is 0. The Morgan fingerprint density at radius 1 is 0.895 bits per heavy atom. The van der Waals surface area contributed by atoms with Crippen LogP contribution in [-0.2, 0) is 36.8 Å². The molecule has 16 heteroatoms. The Balaban J connectivity index is 2.14. The van der Waals surface area contributed by atoms with Crippen LogP contribution in [0.2, 0.25) is 0 Å². The molecule has 0 saturated heterocycles. The van der Waals surface area contributed by atoms with E-state index in [1.165, 1.54) is 36.8 Å². The van der Waals surface area contributed by atoms with E-state index in [2.05, 4.69) is 35.9 Å². The fourth-order valence-electron chi connectivity index (χ4n) is 3.40. The average molecular weight is 552 g/mol. The van der Waals surface area contributed by atoms with Crippen molar-refractivity contribution in [3.63, 3.8) is 0 Å². The van der Waals surface area contributed by atoms with E-state index < -0.39 is 53.8 Å². The summed E-state index contributed by atoms with van der Waals surface area (Å²) in [6, 6.07) is -4.58. The van der Waals surface area contributed by atoms with Gasteiger partial charge in [-0.1, -0.05) is 0 Å². The monoisotopic (exact) mass is 551 g/mol. The van der Waals surface area contributed by atoms with Crippen molar-refractivity contribution in [2.45, 2.75) is 56.3 Å². The second-order valence-electron chi connectivity index (χ2n) is 8.48. The molecule has 0 aliphatic rings. The minimum Gasteiger partial charge on any atom is -0.480 e. The first kappa shape index (κ1) is 30.3. The summed E-state index contributed by atoms with van der Waals surface area (Å²) in [5.74, 6) is -3.43. The number of carboxylic acids is 1. The number of thioether (sulfide) groups is 1. The highest BCUT2D eigenvalue weighted by Crippen LogP contribution is 2.07. The molecule has 38 heavy (non-hydrogen) atoms. The van der Waals surface area contributed by atoms with Crippen molar-refractivity contribution < 1.29 is 29.1 Å². The molecule has 4 atom stereocenters. The molecule has 2 heterocycles. The lowest BCUT2D eigenvalue weighted by molar-refractivity contribution is -0.142. The summed E-state index contributed by atoms with van der Waals surface area (Å²) < 4.78 is 0. The van der Waals surface area contributed by atoms with Gasteiger partial charge in [0.25, 0.3) is 0 Å². The molecule has 0 aromatic carbocycles. The van der Waals surface area contributed by atoms with Crippen LogP contribution in [0.4, 0.5) is 0 Å². The van der Waals surface area contributed by atoms with Gasteiger partial charge in [-0.3, -0.25) is 19.2 Å². The minimum atomic E-state index is -1.26. The lowest BCUT2D eigenvalue weighted by atomic mass is 10.1. The number of primary amides is 1. The van der Waals surface area contributed by atoms with Gasteiger partial charge in [0.15, 0.2) is 0 Å². The number of aliphatic carboxylic acids is 1. The van der Waals surface area contributed by atoms with Gasteiger partial charge in [0, 0.05) is 43.0 Å². The zero-order chi connectivity index (χ0) is 28.1. The number of carbonyl (C=O) groups excluding carboxylic acids is 4. The number of rotatable bonds is 17. The molecule has 0 aliphatic heterocycles. The fourth-order valence-corrected chi connectivity index (χ4v) is 3.87. The van der Waals surface area contributed by atoms with Crippen molar-refractivity contribution in [2.24, 2.45) is 11.5 Å². The molecule has 0 fully saturated rings. The van der Waals surface area contributed by atoms with E-state index in [9.17, 15) is 29.1 Å². The van der Waals surface area contributed by atoms with Crippen molar-refractivity contribution in [3.05, 3.63) is 36.4 Å². The van der Waals surface area contributed by atoms with Crippen LogP contribution in [-0.4, -0.2) is 90.8 Å². The van der Waals surface area contributed by atoms with Crippen LogP contribution >= 0.6 is 11.8 Å². The molecule has 2 aromatic heterocycles. The van der Waals surface area contributed by atoms with Crippen LogP contribution in [0.25, 0.3) is 0 Å². The molecule has 2 rings (SSSR count). The number of nitrogens with zero attached hydrogens (tertiary/aromatic N) is 2. The van der Waals surface area contributed by atoms with Crippen LogP contribution in [0.3, 0.4) is 0 Å². The Labute approximate surface area is 222 Å². The second kappa shape index (κ2) is 15.4. The minimum absolute atomic E-state index is 0.00849. The maximum Gasteiger partial charge on any atom is 0.326 e. The lowest BCUT2D eigenvalue weighted by Gasteiger charge is -2.25. The molecule has 0 radical (unpaired) electrons. The first-order valence-electron chi connectivity index (χ1n) is 11.7. The molecule has 4 unspecified atom stereocenters. The van der Waals surface area contributed by atoms with E-state index in [-0.39, 0.29) is 32.1 Å². The van der Waals surface area contributed by atoms with Gasteiger partial charge in [-0.25, -0.2) is 14.8 Å². The van der Waals surface area contributed by atoms with Gasteiger partial charge in [0.2, 0.25) is 23.6 Å². The number of aromatic amines is 2. The van der Waals surface area contributed by atoms with E-state index in [1.807, 2.05) is 6.26 Å². The number of hydrogen-bond donors (Lipinski definition) is 8. The van der Waals surface area contributed by atoms with Crippen molar-refractivity contribution in [3.8, 4) is 0 Å². The van der Waals surface area contributed by atoms with Crippen LogP contribution in [0.5, 0.6) is 0 Å². The number of imidazole rings is 2. The summed E-state index contributed by atoms with van der Waals surface area (Å²) in [6.45, 7) is 0. The third kappa shape index (κ3) is 10.2. The van der Waals surface area contributed by atoms with E-state index in [4.69, 9.17) is 11.5 Å². The van der Waals surface area contributed by atoms with Crippen molar-refractivity contribution >= 4 is 41.4 Å². The Morgan fingerprint density at radius 3 is 1.92 bits per heavy atom. The summed E-state index contributed by atoms with van der Waals surface area (Å²) >= 11 is 1.44. The molecule has 0 aliphatic carbocycles. The number of nitrogens with one attached hydrogen (secondary N) is 5. The van der Waals surface area contributed by atoms with Crippen LogP contribution in [0.15, 0.2) is 25.0 Å². The molecule has 0 spiro atoms. The van der Waals surface area contributed by atoms with Crippen molar-refractivity contribution in [1.82, 2.24) is 35.9 Å². The maximum atomic E-state index is 13.3. The van der Waals surface area contributed by atoms with Crippen LogP contribution < -0.4 is 27.4 Å². The van der Waals surface area contributed by atoms with E-state index in [0.717, 1.165) is 0 Å². The number of hydrogen-bond acceptors (Lipinski definition) is 9. The van der Waals surface area contributed by atoms with Gasteiger partial charge >= 0.3 is 5.97 Å².